The number of hydrogen-bond donors (Lipinski definition) is 1. The van der Waals surface area contributed by atoms with Gasteiger partial charge in [-0.15, -0.1) is 0 Å². The molecule has 0 amide bonds. The maximum atomic E-state index is 13.3. The van der Waals surface area contributed by atoms with Crippen LogP contribution in [0.2, 0.25) is 5.02 Å². The van der Waals surface area contributed by atoms with Crippen molar-refractivity contribution in [2.45, 2.75) is 26.7 Å². The number of rotatable bonds is 4. The van der Waals surface area contributed by atoms with Crippen molar-refractivity contribution in [1.82, 2.24) is 4.98 Å². The van der Waals surface area contributed by atoms with Crippen molar-refractivity contribution < 1.29 is 4.39 Å². The molecule has 0 radical (unpaired) electrons. The molecule has 2 nitrogen and oxygen atoms in total. The minimum absolute atomic E-state index is 0.356. The third-order valence-electron chi connectivity index (χ3n) is 2.85. The normalized spacial score (nSPS) is 10.9. The Morgan fingerprint density at radius 3 is 2.72 bits per heavy atom. The van der Waals surface area contributed by atoms with Gasteiger partial charge in [0.15, 0.2) is 0 Å². The van der Waals surface area contributed by atoms with E-state index >= 15 is 0 Å². The van der Waals surface area contributed by atoms with E-state index in [9.17, 15) is 4.39 Å². The quantitative estimate of drug-likeness (QED) is 0.887. The Bertz CT molecular complexity index is 569. The molecule has 96 valence electrons. The highest BCUT2D eigenvalue weighted by Gasteiger charge is 2.09. The smallest absolute Gasteiger partial charge is 0.129 e. The first-order valence-corrected chi connectivity index (χ1v) is 6.56. The van der Waals surface area contributed by atoms with Crippen LogP contribution in [0, 0.1) is 5.82 Å². The van der Waals surface area contributed by atoms with Gasteiger partial charge in [0, 0.05) is 18.0 Å². The number of pyridine rings is 1. The van der Waals surface area contributed by atoms with Crippen molar-refractivity contribution >= 4 is 28.3 Å². The zero-order chi connectivity index (χ0) is 13.1. The molecule has 0 unspecified atom stereocenters. The van der Waals surface area contributed by atoms with Crippen LogP contribution >= 0.6 is 11.6 Å². The average Bonchev–Trinajstić information content (AvgIpc) is 2.35. The molecule has 0 spiro atoms. The highest BCUT2D eigenvalue weighted by atomic mass is 35.5. The maximum absolute atomic E-state index is 13.3. The number of aryl methyl sites for hydroxylation is 1. The van der Waals surface area contributed by atoms with E-state index in [2.05, 4.69) is 24.1 Å². The molecule has 0 aliphatic carbocycles. The van der Waals surface area contributed by atoms with Crippen molar-refractivity contribution in [2.75, 3.05) is 11.9 Å². The summed E-state index contributed by atoms with van der Waals surface area (Å²) in [6, 6.07) is 4.73. The number of halogens is 2. The molecule has 0 atom stereocenters. The largest absolute Gasteiger partial charge is 0.370 e. The molecule has 0 saturated heterocycles. The second kappa shape index (κ2) is 5.53. The van der Waals surface area contributed by atoms with Gasteiger partial charge in [0.05, 0.1) is 10.5 Å². The van der Waals surface area contributed by atoms with Gasteiger partial charge in [-0.2, -0.15) is 0 Å². The Labute approximate surface area is 111 Å². The lowest BCUT2D eigenvalue weighted by atomic mass is 10.1. The van der Waals surface area contributed by atoms with Crippen molar-refractivity contribution in [3.63, 3.8) is 0 Å². The average molecular weight is 267 g/mol. The number of nitrogens with one attached hydrogen (secondary N) is 1. The first-order valence-electron chi connectivity index (χ1n) is 6.18. The standard InChI is InChI=1S/C14H16ClFN2/c1-3-5-17-14-9(4-2)6-11-12(15)7-10(16)8-13(11)18-14/h6-8H,3-5H2,1-2H3,(H,17,18). The Morgan fingerprint density at radius 1 is 1.28 bits per heavy atom. The van der Waals surface area contributed by atoms with E-state index in [0.29, 0.717) is 10.5 Å². The van der Waals surface area contributed by atoms with E-state index < -0.39 is 0 Å². The molecular weight excluding hydrogens is 251 g/mol. The summed E-state index contributed by atoms with van der Waals surface area (Å²) in [7, 11) is 0. The van der Waals surface area contributed by atoms with Crippen LogP contribution < -0.4 is 5.32 Å². The van der Waals surface area contributed by atoms with Gasteiger partial charge < -0.3 is 5.32 Å². The molecule has 2 aromatic rings. The summed E-state index contributed by atoms with van der Waals surface area (Å²) >= 11 is 6.05. The molecule has 18 heavy (non-hydrogen) atoms. The number of fused-ring (bicyclic) bond motifs is 1. The fourth-order valence-electron chi connectivity index (χ4n) is 1.91. The van der Waals surface area contributed by atoms with Crippen LogP contribution in [0.15, 0.2) is 18.2 Å². The van der Waals surface area contributed by atoms with Gasteiger partial charge in [-0.05, 0) is 30.5 Å². The summed E-state index contributed by atoms with van der Waals surface area (Å²) in [4.78, 5) is 4.47. The summed E-state index contributed by atoms with van der Waals surface area (Å²) in [6.07, 6.45) is 1.88. The summed E-state index contributed by atoms with van der Waals surface area (Å²) < 4.78 is 13.3. The van der Waals surface area contributed by atoms with Crippen molar-refractivity contribution in [3.05, 3.63) is 34.6 Å². The van der Waals surface area contributed by atoms with Crippen LogP contribution in [0.3, 0.4) is 0 Å². The topological polar surface area (TPSA) is 24.9 Å². The fourth-order valence-corrected chi connectivity index (χ4v) is 2.16. The van der Waals surface area contributed by atoms with Crippen molar-refractivity contribution in [2.24, 2.45) is 0 Å². The van der Waals surface area contributed by atoms with Crippen molar-refractivity contribution in [1.29, 1.82) is 0 Å². The first kappa shape index (κ1) is 13.1. The van der Waals surface area contributed by atoms with E-state index in [0.717, 1.165) is 36.2 Å². The molecule has 2 rings (SSSR count). The van der Waals surface area contributed by atoms with Crippen molar-refractivity contribution in [3.8, 4) is 0 Å². The van der Waals surface area contributed by atoms with Gasteiger partial charge >= 0.3 is 0 Å². The van der Waals surface area contributed by atoms with Gasteiger partial charge in [0.1, 0.15) is 11.6 Å². The zero-order valence-corrected chi connectivity index (χ0v) is 11.3. The van der Waals surface area contributed by atoms with Crippen LogP contribution in [-0.2, 0) is 6.42 Å². The van der Waals surface area contributed by atoms with Gasteiger partial charge in [0.2, 0.25) is 0 Å². The van der Waals surface area contributed by atoms with Gasteiger partial charge in [-0.3, -0.25) is 0 Å². The van der Waals surface area contributed by atoms with E-state index in [1.54, 1.807) is 0 Å². The molecule has 1 aromatic heterocycles. The van der Waals surface area contributed by atoms with E-state index in [-0.39, 0.29) is 5.82 Å². The summed E-state index contributed by atoms with van der Waals surface area (Å²) in [6.45, 7) is 5.02. The fraction of sp³-hybridized carbons (Fsp3) is 0.357. The Balaban J connectivity index is 2.57. The molecule has 1 N–H and O–H groups in total. The predicted molar refractivity (Wildman–Crippen MR) is 74.9 cm³/mol. The zero-order valence-electron chi connectivity index (χ0n) is 10.6. The third kappa shape index (κ3) is 2.56. The highest BCUT2D eigenvalue weighted by Crippen LogP contribution is 2.28. The number of nitrogens with zero attached hydrogens (tertiary/aromatic N) is 1. The van der Waals surface area contributed by atoms with Crippen LogP contribution in [0.1, 0.15) is 25.8 Å². The molecule has 0 saturated carbocycles. The van der Waals surface area contributed by atoms with E-state index in [4.69, 9.17) is 11.6 Å². The minimum Gasteiger partial charge on any atom is -0.370 e. The van der Waals surface area contributed by atoms with Crippen LogP contribution in [0.4, 0.5) is 10.2 Å². The number of aromatic nitrogens is 1. The molecule has 0 aliphatic rings. The summed E-state index contributed by atoms with van der Waals surface area (Å²) in [5, 5.41) is 4.48. The SMILES string of the molecule is CCCNc1nc2cc(F)cc(Cl)c2cc1CC. The van der Waals surface area contributed by atoms with Gasteiger partial charge in [0.25, 0.3) is 0 Å². The first-order chi connectivity index (χ1) is 8.65. The predicted octanol–water partition coefficient (Wildman–Crippen LogP) is 4.41. The molecule has 0 fully saturated rings. The number of anilines is 1. The van der Waals surface area contributed by atoms with Crippen LogP contribution in [-0.4, -0.2) is 11.5 Å². The summed E-state index contributed by atoms with van der Waals surface area (Å²) in [5.41, 5.74) is 1.69. The molecule has 0 bridgehead atoms. The molecular formula is C14H16ClFN2. The van der Waals surface area contributed by atoms with Gasteiger partial charge in [-0.1, -0.05) is 25.4 Å². The maximum Gasteiger partial charge on any atom is 0.129 e. The minimum atomic E-state index is -0.356. The summed E-state index contributed by atoms with van der Waals surface area (Å²) in [5.74, 6) is 0.471. The Kier molecular flexibility index (Phi) is 4.02. The Morgan fingerprint density at radius 2 is 2.06 bits per heavy atom. The number of hydrogen-bond acceptors (Lipinski definition) is 2. The molecule has 0 aliphatic heterocycles. The lowest BCUT2D eigenvalue weighted by molar-refractivity contribution is 0.629. The highest BCUT2D eigenvalue weighted by molar-refractivity contribution is 6.35. The molecule has 1 aromatic carbocycles. The van der Waals surface area contributed by atoms with E-state index in [1.165, 1.54) is 12.1 Å². The van der Waals surface area contributed by atoms with Crippen LogP contribution in [0.25, 0.3) is 10.9 Å². The Hall–Kier alpha value is -1.35. The lowest BCUT2D eigenvalue weighted by Gasteiger charge is -2.11. The number of benzene rings is 1. The monoisotopic (exact) mass is 266 g/mol. The molecule has 4 heteroatoms. The van der Waals surface area contributed by atoms with E-state index in [1.807, 2.05) is 6.07 Å². The molecule has 1 heterocycles. The van der Waals surface area contributed by atoms with Gasteiger partial charge in [-0.25, -0.2) is 9.37 Å². The second-order valence-corrected chi connectivity index (χ2v) is 4.64. The second-order valence-electron chi connectivity index (χ2n) is 4.23. The third-order valence-corrected chi connectivity index (χ3v) is 3.16. The lowest BCUT2D eigenvalue weighted by Crippen LogP contribution is -2.05. The van der Waals surface area contributed by atoms with Crippen LogP contribution in [0.5, 0.6) is 0 Å².